The van der Waals surface area contributed by atoms with E-state index in [1.165, 1.54) is 16.7 Å². The molecule has 0 aliphatic rings. The van der Waals surface area contributed by atoms with Crippen molar-refractivity contribution in [3.63, 3.8) is 0 Å². The van der Waals surface area contributed by atoms with E-state index in [9.17, 15) is 0 Å². The maximum atomic E-state index is 5.81. The molecule has 2 N–H and O–H groups in total. The van der Waals surface area contributed by atoms with Gasteiger partial charge in [0, 0.05) is 13.1 Å². The molecule has 0 aromatic heterocycles. The molecule has 4 nitrogen and oxygen atoms in total. The lowest BCUT2D eigenvalue weighted by atomic mass is 9.77. The molecule has 0 heterocycles. The van der Waals surface area contributed by atoms with Gasteiger partial charge >= 0.3 is 0 Å². The van der Waals surface area contributed by atoms with Crippen molar-refractivity contribution in [3.8, 4) is 0 Å². The Morgan fingerprint density at radius 3 is 1.37 bits per heavy atom. The van der Waals surface area contributed by atoms with Crippen LogP contribution in [0.2, 0.25) is 0 Å². The molecule has 0 aliphatic heterocycles. The summed E-state index contributed by atoms with van der Waals surface area (Å²) in [6.07, 6.45) is 0. The quantitative estimate of drug-likeness (QED) is 0.336. The lowest BCUT2D eigenvalue weighted by molar-refractivity contribution is 0.0492. The predicted octanol–water partition coefficient (Wildman–Crippen LogP) is 3.82. The number of nitrogens with one attached hydrogen (secondary N) is 2. The molecule has 4 heteroatoms. The molecule has 3 aromatic carbocycles. The summed E-state index contributed by atoms with van der Waals surface area (Å²) in [5, 5.41) is 6.88. The molecule has 0 bridgehead atoms. The molecule has 0 amide bonds. The Morgan fingerprint density at radius 2 is 0.967 bits per heavy atom. The standard InChI is InChI=1S/C26H32N2O2/c1-27-17-19-29-21-22-30-20-18-28-26(23-11-5-2-6-12-23,24-13-7-3-8-14-24)25-15-9-4-10-16-25/h2-16,27-28H,17-22H2,1H3. The molecular weight excluding hydrogens is 372 g/mol. The Kier molecular flexibility index (Phi) is 9.06. The van der Waals surface area contributed by atoms with Crippen LogP contribution in [0.4, 0.5) is 0 Å². The summed E-state index contributed by atoms with van der Waals surface area (Å²) in [4.78, 5) is 0. The average Bonchev–Trinajstić information content (AvgIpc) is 2.82. The van der Waals surface area contributed by atoms with Crippen molar-refractivity contribution in [2.75, 3.05) is 46.6 Å². The van der Waals surface area contributed by atoms with Crippen LogP contribution in [0.15, 0.2) is 91.0 Å². The van der Waals surface area contributed by atoms with Crippen LogP contribution in [-0.2, 0) is 15.0 Å². The first-order valence-electron chi connectivity index (χ1n) is 10.6. The van der Waals surface area contributed by atoms with Crippen molar-refractivity contribution in [1.29, 1.82) is 0 Å². The fraction of sp³-hybridized carbons (Fsp3) is 0.308. The maximum absolute atomic E-state index is 5.81. The highest BCUT2D eigenvalue weighted by Gasteiger charge is 2.35. The molecule has 0 fully saturated rings. The van der Waals surface area contributed by atoms with E-state index >= 15 is 0 Å². The molecule has 0 spiro atoms. The monoisotopic (exact) mass is 404 g/mol. The van der Waals surface area contributed by atoms with Crippen molar-refractivity contribution in [1.82, 2.24) is 10.6 Å². The number of rotatable bonds is 13. The summed E-state index contributed by atoms with van der Waals surface area (Å²) < 4.78 is 11.3. The lowest BCUT2D eigenvalue weighted by Gasteiger charge is -2.37. The van der Waals surface area contributed by atoms with Gasteiger partial charge in [-0.05, 0) is 23.7 Å². The first kappa shape index (κ1) is 22.2. The van der Waals surface area contributed by atoms with Crippen molar-refractivity contribution in [2.45, 2.75) is 5.54 Å². The molecule has 0 unspecified atom stereocenters. The second kappa shape index (κ2) is 12.3. The first-order valence-corrected chi connectivity index (χ1v) is 10.6. The molecular formula is C26H32N2O2. The van der Waals surface area contributed by atoms with Gasteiger partial charge in [-0.3, -0.25) is 5.32 Å². The van der Waals surface area contributed by atoms with Crippen LogP contribution in [0, 0.1) is 0 Å². The summed E-state index contributed by atoms with van der Waals surface area (Å²) in [7, 11) is 1.92. The van der Waals surface area contributed by atoms with E-state index in [4.69, 9.17) is 9.47 Å². The van der Waals surface area contributed by atoms with Gasteiger partial charge in [0.2, 0.25) is 0 Å². The highest BCUT2D eigenvalue weighted by molar-refractivity contribution is 5.49. The molecule has 3 rings (SSSR count). The minimum atomic E-state index is -0.448. The Morgan fingerprint density at radius 1 is 0.567 bits per heavy atom. The summed E-state index contributed by atoms with van der Waals surface area (Å²) in [6, 6.07) is 31.8. The number of benzene rings is 3. The lowest BCUT2D eigenvalue weighted by Crippen LogP contribution is -2.46. The van der Waals surface area contributed by atoms with Gasteiger partial charge < -0.3 is 14.8 Å². The minimum Gasteiger partial charge on any atom is -0.378 e. The van der Waals surface area contributed by atoms with Gasteiger partial charge in [-0.15, -0.1) is 0 Å². The Labute approximate surface area is 180 Å². The number of likely N-dealkylation sites (N-methyl/N-ethyl adjacent to an activating group) is 1. The SMILES string of the molecule is CNCCOCCOCCNC(c1ccccc1)(c1ccccc1)c1ccccc1. The number of hydrogen-bond acceptors (Lipinski definition) is 4. The summed E-state index contributed by atoms with van der Waals surface area (Å²) in [6.45, 7) is 4.11. The third kappa shape index (κ3) is 5.77. The van der Waals surface area contributed by atoms with E-state index in [2.05, 4.69) is 102 Å². The van der Waals surface area contributed by atoms with Crippen LogP contribution in [0.1, 0.15) is 16.7 Å². The van der Waals surface area contributed by atoms with Crippen molar-refractivity contribution >= 4 is 0 Å². The van der Waals surface area contributed by atoms with E-state index in [1.54, 1.807) is 0 Å². The molecule has 0 aliphatic carbocycles. The van der Waals surface area contributed by atoms with E-state index < -0.39 is 5.54 Å². The zero-order valence-corrected chi connectivity index (χ0v) is 17.7. The third-order valence-electron chi connectivity index (χ3n) is 5.13. The van der Waals surface area contributed by atoms with Crippen LogP contribution < -0.4 is 10.6 Å². The van der Waals surface area contributed by atoms with Crippen LogP contribution in [0.3, 0.4) is 0 Å². The molecule has 30 heavy (non-hydrogen) atoms. The second-order valence-corrected chi connectivity index (χ2v) is 7.10. The molecule has 0 saturated carbocycles. The van der Waals surface area contributed by atoms with E-state index in [1.807, 2.05) is 7.05 Å². The zero-order valence-electron chi connectivity index (χ0n) is 17.7. The predicted molar refractivity (Wildman–Crippen MR) is 123 cm³/mol. The highest BCUT2D eigenvalue weighted by Crippen LogP contribution is 2.36. The van der Waals surface area contributed by atoms with E-state index in [0.717, 1.165) is 13.1 Å². The second-order valence-electron chi connectivity index (χ2n) is 7.10. The van der Waals surface area contributed by atoms with Gasteiger partial charge in [-0.25, -0.2) is 0 Å². The first-order chi connectivity index (χ1) is 14.9. The van der Waals surface area contributed by atoms with Gasteiger partial charge in [-0.1, -0.05) is 91.0 Å². The third-order valence-corrected chi connectivity index (χ3v) is 5.13. The Bertz CT molecular complexity index is 729. The van der Waals surface area contributed by atoms with Gasteiger partial charge in [0.1, 0.15) is 0 Å². The largest absolute Gasteiger partial charge is 0.378 e. The fourth-order valence-electron chi connectivity index (χ4n) is 3.68. The minimum absolute atomic E-state index is 0.448. The highest BCUT2D eigenvalue weighted by atomic mass is 16.5. The van der Waals surface area contributed by atoms with Crippen molar-refractivity contribution in [3.05, 3.63) is 108 Å². The van der Waals surface area contributed by atoms with Crippen LogP contribution in [-0.4, -0.2) is 46.6 Å². The fourth-order valence-corrected chi connectivity index (χ4v) is 3.68. The molecule has 3 aromatic rings. The molecule has 158 valence electrons. The van der Waals surface area contributed by atoms with Gasteiger partial charge in [-0.2, -0.15) is 0 Å². The van der Waals surface area contributed by atoms with Gasteiger partial charge in [0.25, 0.3) is 0 Å². The van der Waals surface area contributed by atoms with E-state index in [0.29, 0.717) is 26.4 Å². The molecule has 0 radical (unpaired) electrons. The van der Waals surface area contributed by atoms with Gasteiger partial charge in [0.05, 0.1) is 32.0 Å². The molecule has 0 atom stereocenters. The van der Waals surface area contributed by atoms with Crippen LogP contribution in [0.25, 0.3) is 0 Å². The van der Waals surface area contributed by atoms with Crippen molar-refractivity contribution in [2.24, 2.45) is 0 Å². The Hall–Kier alpha value is -2.50. The van der Waals surface area contributed by atoms with Crippen molar-refractivity contribution < 1.29 is 9.47 Å². The Balaban J connectivity index is 1.77. The van der Waals surface area contributed by atoms with Crippen LogP contribution in [0.5, 0.6) is 0 Å². The molecule has 0 saturated heterocycles. The maximum Gasteiger partial charge on any atom is 0.0948 e. The topological polar surface area (TPSA) is 42.5 Å². The summed E-state index contributed by atoms with van der Waals surface area (Å²) in [5.41, 5.74) is 3.17. The van der Waals surface area contributed by atoms with Gasteiger partial charge in [0.15, 0.2) is 0 Å². The smallest absolute Gasteiger partial charge is 0.0948 e. The number of hydrogen-bond donors (Lipinski definition) is 2. The summed E-state index contributed by atoms with van der Waals surface area (Å²) in [5.74, 6) is 0. The average molecular weight is 405 g/mol. The number of ether oxygens (including phenoxy) is 2. The normalized spacial score (nSPS) is 11.5. The van der Waals surface area contributed by atoms with Crippen LogP contribution >= 0.6 is 0 Å². The zero-order chi connectivity index (χ0) is 20.9. The van der Waals surface area contributed by atoms with E-state index in [-0.39, 0.29) is 0 Å². The summed E-state index contributed by atoms with van der Waals surface area (Å²) >= 11 is 0.